The number of nitrogens with zero attached hydrogens (tertiary/aromatic N) is 1. The minimum atomic E-state index is -0.528. The normalized spacial score (nSPS) is 10.1. The minimum absolute atomic E-state index is 0.0748. The Labute approximate surface area is 111 Å². The maximum atomic E-state index is 13.5. The van der Waals surface area contributed by atoms with Crippen LogP contribution in [0.15, 0.2) is 41.0 Å². The summed E-state index contributed by atoms with van der Waals surface area (Å²) >= 11 is 3.17. The summed E-state index contributed by atoms with van der Waals surface area (Å²) in [6.45, 7) is 0. The van der Waals surface area contributed by atoms with Gasteiger partial charge < -0.3 is 11.1 Å². The lowest BCUT2D eigenvalue weighted by molar-refractivity contribution is 0.102. The molecule has 0 saturated carbocycles. The van der Waals surface area contributed by atoms with Gasteiger partial charge in [0.1, 0.15) is 11.6 Å². The molecule has 0 fully saturated rings. The highest BCUT2D eigenvalue weighted by Gasteiger charge is 2.14. The number of para-hydroxylation sites is 1. The Balaban J connectivity index is 2.30. The van der Waals surface area contributed by atoms with Gasteiger partial charge in [-0.25, -0.2) is 9.37 Å². The molecule has 0 aliphatic carbocycles. The van der Waals surface area contributed by atoms with E-state index in [4.69, 9.17) is 5.73 Å². The highest BCUT2D eigenvalue weighted by Crippen LogP contribution is 2.26. The first-order valence-electron chi connectivity index (χ1n) is 5.05. The van der Waals surface area contributed by atoms with Crippen molar-refractivity contribution in [2.24, 2.45) is 0 Å². The van der Waals surface area contributed by atoms with Gasteiger partial charge in [-0.05, 0) is 40.2 Å². The number of amides is 1. The van der Waals surface area contributed by atoms with Gasteiger partial charge in [0, 0.05) is 10.7 Å². The van der Waals surface area contributed by atoms with Crippen molar-refractivity contribution in [2.75, 3.05) is 11.1 Å². The van der Waals surface area contributed by atoms with Crippen molar-refractivity contribution in [3.05, 3.63) is 52.4 Å². The smallest absolute Gasteiger partial charge is 0.259 e. The van der Waals surface area contributed by atoms with Crippen molar-refractivity contribution in [3.8, 4) is 0 Å². The topological polar surface area (TPSA) is 68.0 Å². The largest absolute Gasteiger partial charge is 0.383 e. The number of hydrogen-bond acceptors (Lipinski definition) is 3. The Morgan fingerprint density at radius 2 is 2.11 bits per heavy atom. The van der Waals surface area contributed by atoms with Crippen LogP contribution in [0.25, 0.3) is 0 Å². The van der Waals surface area contributed by atoms with Crippen molar-refractivity contribution in [2.45, 2.75) is 0 Å². The molecule has 0 aliphatic rings. The zero-order chi connectivity index (χ0) is 13.1. The van der Waals surface area contributed by atoms with Crippen LogP contribution in [-0.2, 0) is 0 Å². The quantitative estimate of drug-likeness (QED) is 0.896. The number of carbonyl (C=O) groups is 1. The van der Waals surface area contributed by atoms with E-state index in [1.807, 2.05) is 0 Å². The fourth-order valence-corrected chi connectivity index (χ4v) is 1.85. The van der Waals surface area contributed by atoms with Crippen LogP contribution >= 0.6 is 15.9 Å². The molecule has 0 atom stereocenters. The van der Waals surface area contributed by atoms with Crippen LogP contribution in [0.4, 0.5) is 15.9 Å². The lowest BCUT2D eigenvalue weighted by Crippen LogP contribution is -2.15. The molecule has 1 aromatic carbocycles. The third-order valence-electron chi connectivity index (χ3n) is 2.28. The van der Waals surface area contributed by atoms with Crippen LogP contribution in [0, 0.1) is 5.82 Å². The summed E-state index contributed by atoms with van der Waals surface area (Å²) in [6.07, 6.45) is 1.48. The van der Waals surface area contributed by atoms with Crippen molar-refractivity contribution in [3.63, 3.8) is 0 Å². The van der Waals surface area contributed by atoms with Gasteiger partial charge in [-0.1, -0.05) is 6.07 Å². The summed E-state index contributed by atoms with van der Waals surface area (Å²) in [5.74, 6) is -0.936. The van der Waals surface area contributed by atoms with Gasteiger partial charge in [-0.15, -0.1) is 0 Å². The molecule has 0 bridgehead atoms. The molecule has 0 spiro atoms. The molecule has 4 nitrogen and oxygen atoms in total. The predicted octanol–water partition coefficient (Wildman–Crippen LogP) is 2.82. The van der Waals surface area contributed by atoms with E-state index >= 15 is 0 Å². The number of rotatable bonds is 2. The Morgan fingerprint density at radius 1 is 1.33 bits per heavy atom. The van der Waals surface area contributed by atoms with Crippen molar-refractivity contribution in [1.29, 1.82) is 0 Å². The van der Waals surface area contributed by atoms with Gasteiger partial charge in [0.15, 0.2) is 0 Å². The average molecular weight is 310 g/mol. The number of anilines is 2. The molecule has 1 heterocycles. The maximum absolute atomic E-state index is 13.5. The number of pyridine rings is 1. The second-order valence-corrected chi connectivity index (χ2v) is 4.34. The second-order valence-electron chi connectivity index (χ2n) is 3.49. The summed E-state index contributed by atoms with van der Waals surface area (Å²) in [4.78, 5) is 15.7. The number of nitrogens with one attached hydrogen (secondary N) is 1. The van der Waals surface area contributed by atoms with E-state index in [-0.39, 0.29) is 17.1 Å². The number of halogens is 2. The van der Waals surface area contributed by atoms with E-state index in [2.05, 4.69) is 26.2 Å². The Morgan fingerprint density at radius 3 is 2.78 bits per heavy atom. The SMILES string of the molecule is Nc1ncccc1C(=O)Nc1c(F)cccc1Br. The molecule has 0 saturated heterocycles. The van der Waals surface area contributed by atoms with Crippen LogP contribution < -0.4 is 11.1 Å². The van der Waals surface area contributed by atoms with Crippen LogP contribution in [-0.4, -0.2) is 10.9 Å². The molecule has 18 heavy (non-hydrogen) atoms. The maximum Gasteiger partial charge on any atom is 0.259 e. The molecule has 1 amide bonds. The van der Waals surface area contributed by atoms with Gasteiger partial charge in [0.05, 0.1) is 11.3 Å². The highest BCUT2D eigenvalue weighted by molar-refractivity contribution is 9.10. The number of benzene rings is 1. The second kappa shape index (κ2) is 5.14. The lowest BCUT2D eigenvalue weighted by atomic mass is 10.2. The summed E-state index contributed by atoms with van der Waals surface area (Å²) in [5, 5.41) is 2.45. The molecule has 1 aromatic heterocycles. The molecule has 0 unspecified atom stereocenters. The van der Waals surface area contributed by atoms with E-state index in [0.717, 1.165) is 0 Å². The summed E-state index contributed by atoms with van der Waals surface area (Å²) in [6, 6.07) is 7.53. The van der Waals surface area contributed by atoms with E-state index < -0.39 is 11.7 Å². The molecule has 92 valence electrons. The number of aromatic nitrogens is 1. The fraction of sp³-hybridized carbons (Fsp3) is 0. The summed E-state index contributed by atoms with van der Waals surface area (Å²) in [7, 11) is 0. The van der Waals surface area contributed by atoms with Crippen molar-refractivity contribution >= 4 is 33.3 Å². The Kier molecular flexibility index (Phi) is 3.57. The van der Waals surface area contributed by atoms with Crippen LogP contribution in [0.1, 0.15) is 10.4 Å². The predicted molar refractivity (Wildman–Crippen MR) is 70.7 cm³/mol. The molecular weight excluding hydrogens is 301 g/mol. The zero-order valence-corrected chi connectivity index (χ0v) is 10.7. The highest BCUT2D eigenvalue weighted by atomic mass is 79.9. The zero-order valence-electron chi connectivity index (χ0n) is 9.15. The average Bonchev–Trinajstić information content (AvgIpc) is 2.34. The third kappa shape index (κ3) is 2.48. The molecule has 2 aromatic rings. The first-order valence-corrected chi connectivity index (χ1v) is 5.84. The first-order chi connectivity index (χ1) is 8.59. The van der Waals surface area contributed by atoms with Gasteiger partial charge in [-0.2, -0.15) is 0 Å². The molecule has 0 aliphatic heterocycles. The van der Waals surface area contributed by atoms with Crippen LogP contribution in [0.2, 0.25) is 0 Å². The monoisotopic (exact) mass is 309 g/mol. The van der Waals surface area contributed by atoms with Crippen molar-refractivity contribution < 1.29 is 9.18 Å². The lowest BCUT2D eigenvalue weighted by Gasteiger charge is -2.09. The van der Waals surface area contributed by atoms with Gasteiger partial charge in [-0.3, -0.25) is 4.79 Å². The van der Waals surface area contributed by atoms with E-state index in [9.17, 15) is 9.18 Å². The molecule has 2 rings (SSSR count). The van der Waals surface area contributed by atoms with E-state index in [1.54, 1.807) is 12.1 Å². The fourth-order valence-electron chi connectivity index (χ4n) is 1.41. The van der Waals surface area contributed by atoms with Gasteiger partial charge in [0.2, 0.25) is 0 Å². The molecule has 3 N–H and O–H groups in total. The van der Waals surface area contributed by atoms with Gasteiger partial charge in [0.25, 0.3) is 5.91 Å². The number of nitrogens with two attached hydrogens (primary N) is 1. The summed E-state index contributed by atoms with van der Waals surface area (Å²) < 4.78 is 14.0. The summed E-state index contributed by atoms with van der Waals surface area (Å²) in [5.41, 5.74) is 5.85. The van der Waals surface area contributed by atoms with Crippen LogP contribution in [0.5, 0.6) is 0 Å². The standard InChI is InChI=1S/C12H9BrFN3O/c13-8-4-1-5-9(14)10(8)17-12(18)7-3-2-6-16-11(7)15/h1-6H,(H2,15,16)(H,17,18). The number of nitrogen functional groups attached to an aromatic ring is 1. The van der Waals surface area contributed by atoms with Crippen molar-refractivity contribution in [1.82, 2.24) is 4.98 Å². The van der Waals surface area contributed by atoms with E-state index in [0.29, 0.717) is 4.47 Å². The number of carbonyl (C=O) groups excluding carboxylic acids is 1. The first kappa shape index (κ1) is 12.5. The Bertz CT molecular complexity index is 583. The van der Waals surface area contributed by atoms with Crippen LogP contribution in [0.3, 0.4) is 0 Å². The van der Waals surface area contributed by atoms with E-state index in [1.165, 1.54) is 24.4 Å². The molecular formula is C12H9BrFN3O. The minimum Gasteiger partial charge on any atom is -0.383 e. The Hall–Kier alpha value is -1.95. The van der Waals surface area contributed by atoms with Gasteiger partial charge >= 0.3 is 0 Å². The molecule has 0 radical (unpaired) electrons. The number of hydrogen-bond donors (Lipinski definition) is 2. The molecule has 6 heteroatoms. The third-order valence-corrected chi connectivity index (χ3v) is 2.95.